The van der Waals surface area contributed by atoms with Crippen LogP contribution >= 0.6 is 0 Å². The van der Waals surface area contributed by atoms with Crippen molar-refractivity contribution in [2.75, 3.05) is 11.9 Å². The summed E-state index contributed by atoms with van der Waals surface area (Å²) in [5.74, 6) is 0.704. The van der Waals surface area contributed by atoms with E-state index < -0.39 is 0 Å². The number of rotatable bonds is 5. The van der Waals surface area contributed by atoms with Crippen molar-refractivity contribution in [3.05, 3.63) is 29.8 Å². The van der Waals surface area contributed by atoms with E-state index in [-0.39, 0.29) is 12.5 Å². The van der Waals surface area contributed by atoms with E-state index in [1.165, 1.54) is 25.7 Å². The summed E-state index contributed by atoms with van der Waals surface area (Å²) < 4.78 is 0. The molecule has 3 nitrogen and oxygen atoms in total. The smallest absolute Gasteiger partial charge is 0.224 e. The van der Waals surface area contributed by atoms with Crippen LogP contribution in [-0.2, 0) is 11.2 Å². The van der Waals surface area contributed by atoms with Gasteiger partial charge in [-0.3, -0.25) is 4.79 Å². The summed E-state index contributed by atoms with van der Waals surface area (Å²) in [6.07, 6.45) is 6.25. The van der Waals surface area contributed by atoms with Crippen LogP contribution in [0.2, 0.25) is 0 Å². The van der Waals surface area contributed by atoms with E-state index in [2.05, 4.69) is 5.32 Å². The number of aliphatic hydroxyl groups excluding tert-OH is 1. The summed E-state index contributed by atoms with van der Waals surface area (Å²) in [4.78, 5) is 11.8. The molecule has 0 aromatic heterocycles. The number of anilines is 1. The summed E-state index contributed by atoms with van der Waals surface area (Å²) in [6, 6.07) is 7.69. The van der Waals surface area contributed by atoms with Crippen molar-refractivity contribution in [1.29, 1.82) is 0 Å². The fourth-order valence-electron chi connectivity index (χ4n) is 2.57. The zero-order valence-electron chi connectivity index (χ0n) is 10.7. The molecule has 2 N–H and O–H groups in total. The first-order valence-corrected chi connectivity index (χ1v) is 6.77. The average Bonchev–Trinajstić information content (AvgIpc) is 2.84. The van der Waals surface area contributed by atoms with Crippen LogP contribution in [0.25, 0.3) is 0 Å². The van der Waals surface area contributed by atoms with Crippen molar-refractivity contribution < 1.29 is 9.90 Å². The largest absolute Gasteiger partial charge is 0.396 e. The van der Waals surface area contributed by atoms with Gasteiger partial charge < -0.3 is 10.4 Å². The van der Waals surface area contributed by atoms with Gasteiger partial charge in [0.2, 0.25) is 5.91 Å². The normalized spacial score (nSPS) is 15.8. The minimum absolute atomic E-state index is 0.122. The Hall–Kier alpha value is -1.35. The monoisotopic (exact) mass is 247 g/mol. The second kappa shape index (κ2) is 6.55. The maximum atomic E-state index is 11.8. The van der Waals surface area contributed by atoms with E-state index in [0.29, 0.717) is 18.8 Å². The number of nitrogens with one attached hydrogen (secondary N) is 1. The topological polar surface area (TPSA) is 49.3 Å². The van der Waals surface area contributed by atoms with Crippen molar-refractivity contribution >= 4 is 11.6 Å². The molecule has 0 spiro atoms. The summed E-state index contributed by atoms with van der Waals surface area (Å²) in [7, 11) is 0. The van der Waals surface area contributed by atoms with E-state index in [9.17, 15) is 4.79 Å². The van der Waals surface area contributed by atoms with Gasteiger partial charge in [0.15, 0.2) is 0 Å². The van der Waals surface area contributed by atoms with Crippen LogP contribution in [0.3, 0.4) is 0 Å². The highest BCUT2D eigenvalue weighted by Crippen LogP contribution is 2.27. The molecule has 3 heteroatoms. The van der Waals surface area contributed by atoms with E-state index in [0.717, 1.165) is 11.3 Å². The standard InChI is InChI=1S/C15H21NO2/c17-10-9-12-5-7-14(8-6-12)16-15(18)11-13-3-1-2-4-13/h5-8,13,17H,1-4,9-11H2,(H,16,18). The molecule has 0 heterocycles. The molecule has 0 bridgehead atoms. The Bertz CT molecular complexity index is 380. The SMILES string of the molecule is O=C(CC1CCCC1)Nc1ccc(CCO)cc1. The molecule has 18 heavy (non-hydrogen) atoms. The molecule has 98 valence electrons. The second-order valence-electron chi connectivity index (χ2n) is 5.07. The molecule has 0 aliphatic heterocycles. The fraction of sp³-hybridized carbons (Fsp3) is 0.533. The average molecular weight is 247 g/mol. The third-order valence-electron chi connectivity index (χ3n) is 3.59. The molecular weight excluding hydrogens is 226 g/mol. The molecule has 0 saturated heterocycles. The molecule has 1 fully saturated rings. The first kappa shape index (κ1) is 13.1. The van der Waals surface area contributed by atoms with Gasteiger partial charge in [-0.25, -0.2) is 0 Å². The van der Waals surface area contributed by atoms with Crippen LogP contribution in [0.4, 0.5) is 5.69 Å². The number of carbonyl (C=O) groups is 1. The molecule has 1 aliphatic carbocycles. The number of amides is 1. The molecule has 0 unspecified atom stereocenters. The van der Waals surface area contributed by atoms with Gasteiger partial charge in [-0.1, -0.05) is 25.0 Å². The highest BCUT2D eigenvalue weighted by atomic mass is 16.2. The van der Waals surface area contributed by atoms with E-state index in [1.54, 1.807) is 0 Å². The maximum absolute atomic E-state index is 11.8. The molecule has 1 aromatic rings. The van der Waals surface area contributed by atoms with Crippen LogP contribution in [0.1, 0.15) is 37.7 Å². The van der Waals surface area contributed by atoms with Crippen LogP contribution in [0.5, 0.6) is 0 Å². The summed E-state index contributed by atoms with van der Waals surface area (Å²) >= 11 is 0. The molecule has 1 amide bonds. The predicted molar refractivity (Wildman–Crippen MR) is 72.4 cm³/mol. The van der Waals surface area contributed by atoms with Crippen LogP contribution in [0.15, 0.2) is 24.3 Å². The molecule has 1 aliphatic rings. The van der Waals surface area contributed by atoms with Gasteiger partial charge in [0, 0.05) is 18.7 Å². The Morgan fingerprint density at radius 2 is 1.89 bits per heavy atom. The lowest BCUT2D eigenvalue weighted by molar-refractivity contribution is -0.117. The minimum atomic E-state index is 0.122. The highest BCUT2D eigenvalue weighted by molar-refractivity contribution is 5.90. The Morgan fingerprint density at radius 3 is 2.50 bits per heavy atom. The third-order valence-corrected chi connectivity index (χ3v) is 3.59. The minimum Gasteiger partial charge on any atom is -0.396 e. The Labute approximate surface area is 108 Å². The van der Waals surface area contributed by atoms with E-state index in [1.807, 2.05) is 24.3 Å². The van der Waals surface area contributed by atoms with Crippen LogP contribution < -0.4 is 5.32 Å². The molecule has 1 saturated carbocycles. The quantitative estimate of drug-likeness (QED) is 0.840. The van der Waals surface area contributed by atoms with Gasteiger partial charge in [-0.15, -0.1) is 0 Å². The van der Waals surface area contributed by atoms with Crippen molar-refractivity contribution in [3.63, 3.8) is 0 Å². The van der Waals surface area contributed by atoms with Gasteiger partial charge in [0.1, 0.15) is 0 Å². The third kappa shape index (κ3) is 3.84. The Morgan fingerprint density at radius 1 is 1.22 bits per heavy atom. The molecule has 0 radical (unpaired) electrons. The number of carbonyl (C=O) groups excluding carboxylic acids is 1. The van der Waals surface area contributed by atoms with Crippen LogP contribution in [0, 0.1) is 5.92 Å². The van der Waals surface area contributed by atoms with Gasteiger partial charge in [0.25, 0.3) is 0 Å². The number of aliphatic hydroxyl groups is 1. The predicted octanol–water partition coefficient (Wildman–Crippen LogP) is 2.74. The van der Waals surface area contributed by atoms with E-state index in [4.69, 9.17) is 5.11 Å². The number of benzene rings is 1. The van der Waals surface area contributed by atoms with E-state index >= 15 is 0 Å². The zero-order chi connectivity index (χ0) is 12.8. The summed E-state index contributed by atoms with van der Waals surface area (Å²) in [5, 5.41) is 11.8. The molecule has 1 aromatic carbocycles. The number of hydrogen-bond acceptors (Lipinski definition) is 2. The summed E-state index contributed by atoms with van der Waals surface area (Å²) in [5.41, 5.74) is 1.94. The van der Waals surface area contributed by atoms with Gasteiger partial charge in [0.05, 0.1) is 0 Å². The van der Waals surface area contributed by atoms with Gasteiger partial charge >= 0.3 is 0 Å². The highest BCUT2D eigenvalue weighted by Gasteiger charge is 2.18. The Balaban J connectivity index is 1.82. The van der Waals surface area contributed by atoms with Crippen molar-refractivity contribution in [2.45, 2.75) is 38.5 Å². The lowest BCUT2D eigenvalue weighted by Crippen LogP contribution is -2.15. The fourth-order valence-corrected chi connectivity index (χ4v) is 2.57. The first-order valence-electron chi connectivity index (χ1n) is 6.77. The molecular formula is C15H21NO2. The Kier molecular flexibility index (Phi) is 4.76. The summed E-state index contributed by atoms with van der Waals surface area (Å²) in [6.45, 7) is 0.160. The van der Waals surface area contributed by atoms with Crippen molar-refractivity contribution in [2.24, 2.45) is 5.92 Å². The molecule has 0 atom stereocenters. The van der Waals surface area contributed by atoms with Gasteiger partial charge in [-0.2, -0.15) is 0 Å². The second-order valence-corrected chi connectivity index (χ2v) is 5.07. The first-order chi connectivity index (χ1) is 8.78. The zero-order valence-corrected chi connectivity index (χ0v) is 10.7. The molecule has 2 rings (SSSR count). The van der Waals surface area contributed by atoms with Crippen molar-refractivity contribution in [3.8, 4) is 0 Å². The lowest BCUT2D eigenvalue weighted by Gasteiger charge is -2.10. The van der Waals surface area contributed by atoms with Crippen LogP contribution in [-0.4, -0.2) is 17.6 Å². The van der Waals surface area contributed by atoms with Crippen molar-refractivity contribution in [1.82, 2.24) is 0 Å². The number of hydrogen-bond donors (Lipinski definition) is 2. The van der Waals surface area contributed by atoms with Gasteiger partial charge in [-0.05, 0) is 42.9 Å². The lowest BCUT2D eigenvalue weighted by atomic mass is 10.0. The maximum Gasteiger partial charge on any atom is 0.224 e.